The number of nitrogens with zero attached hydrogens (tertiary/aromatic N) is 1. The highest BCUT2D eigenvalue weighted by Crippen LogP contribution is 2.25. The lowest BCUT2D eigenvalue weighted by Gasteiger charge is -2.27. The molecule has 2 aromatic carbocycles. The maximum atomic E-state index is 12.7. The first kappa shape index (κ1) is 16.2. The second-order valence-corrected chi connectivity index (χ2v) is 7.05. The molecule has 3 rings (SSSR count). The summed E-state index contributed by atoms with van der Waals surface area (Å²) in [6, 6.07) is 18.3. The van der Waals surface area contributed by atoms with Gasteiger partial charge in [-0.2, -0.15) is 0 Å². The van der Waals surface area contributed by atoms with Crippen molar-refractivity contribution in [1.29, 1.82) is 0 Å². The van der Waals surface area contributed by atoms with Crippen LogP contribution in [0.1, 0.15) is 30.0 Å². The molecule has 0 heterocycles. The molecule has 1 N–H and O–H groups in total. The fraction of sp³-hybridized carbons (Fsp3) is 0.316. The lowest BCUT2D eigenvalue weighted by Crippen LogP contribution is -2.39. The molecule has 2 aromatic rings. The minimum Gasteiger partial charge on any atom is -0.352 e. The van der Waals surface area contributed by atoms with Gasteiger partial charge in [-0.15, -0.1) is 0 Å². The zero-order valence-electron chi connectivity index (χ0n) is 13.2. The van der Waals surface area contributed by atoms with Gasteiger partial charge in [-0.1, -0.05) is 58.4 Å². The summed E-state index contributed by atoms with van der Waals surface area (Å²) in [6.07, 6.45) is 2.20. The predicted octanol–water partition coefficient (Wildman–Crippen LogP) is 3.90. The molecule has 1 atom stereocenters. The lowest BCUT2D eigenvalue weighted by molar-refractivity contribution is -0.126. The number of benzene rings is 2. The number of carbonyl (C=O) groups is 1. The Bertz CT molecular complexity index is 653. The average Bonchev–Trinajstić information content (AvgIpc) is 3.35. The molecule has 0 spiro atoms. The SMILES string of the molecule is CN(Cc1ccc(Br)cc1)C(C(=O)NC1CC1)c1ccccc1. The highest BCUT2D eigenvalue weighted by atomic mass is 79.9. The number of hydrogen-bond donors (Lipinski definition) is 1. The Morgan fingerprint density at radius 1 is 1.17 bits per heavy atom. The largest absolute Gasteiger partial charge is 0.352 e. The summed E-state index contributed by atoms with van der Waals surface area (Å²) < 4.78 is 1.06. The summed E-state index contributed by atoms with van der Waals surface area (Å²) in [5.41, 5.74) is 2.22. The summed E-state index contributed by atoms with van der Waals surface area (Å²) in [5.74, 6) is 0.0957. The first-order valence-electron chi connectivity index (χ1n) is 7.93. The van der Waals surface area contributed by atoms with Crippen LogP contribution in [0, 0.1) is 0 Å². The number of hydrogen-bond acceptors (Lipinski definition) is 2. The first-order chi connectivity index (χ1) is 11.1. The van der Waals surface area contributed by atoms with Crippen LogP contribution in [-0.4, -0.2) is 23.9 Å². The maximum absolute atomic E-state index is 12.7. The van der Waals surface area contributed by atoms with E-state index in [1.165, 1.54) is 5.56 Å². The first-order valence-corrected chi connectivity index (χ1v) is 8.73. The molecule has 1 saturated carbocycles. The van der Waals surface area contributed by atoms with Gasteiger partial charge in [-0.25, -0.2) is 0 Å². The molecule has 120 valence electrons. The van der Waals surface area contributed by atoms with Crippen molar-refractivity contribution in [3.8, 4) is 0 Å². The molecule has 0 bridgehead atoms. The third-order valence-electron chi connectivity index (χ3n) is 4.07. The Kier molecular flexibility index (Phi) is 5.13. The van der Waals surface area contributed by atoms with Crippen molar-refractivity contribution in [2.24, 2.45) is 0 Å². The Labute approximate surface area is 145 Å². The number of carbonyl (C=O) groups excluding carboxylic acids is 1. The molecular weight excluding hydrogens is 352 g/mol. The molecule has 23 heavy (non-hydrogen) atoms. The van der Waals surface area contributed by atoms with Crippen LogP contribution in [0.25, 0.3) is 0 Å². The van der Waals surface area contributed by atoms with E-state index < -0.39 is 0 Å². The number of amides is 1. The average molecular weight is 373 g/mol. The Hall–Kier alpha value is -1.65. The van der Waals surface area contributed by atoms with Crippen LogP contribution in [0.5, 0.6) is 0 Å². The van der Waals surface area contributed by atoms with E-state index in [4.69, 9.17) is 0 Å². The van der Waals surface area contributed by atoms with Crippen LogP contribution in [0.15, 0.2) is 59.1 Å². The van der Waals surface area contributed by atoms with Gasteiger partial charge in [0.2, 0.25) is 5.91 Å². The van der Waals surface area contributed by atoms with Gasteiger partial charge in [-0.3, -0.25) is 9.69 Å². The molecule has 3 nitrogen and oxygen atoms in total. The van der Waals surface area contributed by atoms with Gasteiger partial charge in [0.15, 0.2) is 0 Å². The van der Waals surface area contributed by atoms with E-state index in [1.807, 2.05) is 49.5 Å². The summed E-state index contributed by atoms with van der Waals surface area (Å²) in [4.78, 5) is 14.8. The Morgan fingerprint density at radius 2 is 1.83 bits per heavy atom. The van der Waals surface area contributed by atoms with E-state index in [9.17, 15) is 4.79 Å². The van der Waals surface area contributed by atoms with E-state index in [0.29, 0.717) is 6.04 Å². The Morgan fingerprint density at radius 3 is 2.43 bits per heavy atom. The van der Waals surface area contributed by atoms with Crippen molar-refractivity contribution in [2.75, 3.05) is 7.05 Å². The molecule has 1 aliphatic carbocycles. The summed E-state index contributed by atoms with van der Waals surface area (Å²) in [7, 11) is 2.01. The minimum absolute atomic E-state index is 0.0957. The Balaban J connectivity index is 1.78. The van der Waals surface area contributed by atoms with E-state index in [0.717, 1.165) is 29.4 Å². The lowest BCUT2D eigenvalue weighted by atomic mass is 10.0. The van der Waals surface area contributed by atoms with Crippen LogP contribution < -0.4 is 5.32 Å². The van der Waals surface area contributed by atoms with Crippen molar-refractivity contribution < 1.29 is 4.79 Å². The monoisotopic (exact) mass is 372 g/mol. The third kappa shape index (κ3) is 4.43. The summed E-state index contributed by atoms with van der Waals surface area (Å²) in [5, 5.41) is 3.14. The molecule has 0 radical (unpaired) electrons. The van der Waals surface area contributed by atoms with Crippen LogP contribution in [0.3, 0.4) is 0 Å². The van der Waals surface area contributed by atoms with Crippen LogP contribution in [0.4, 0.5) is 0 Å². The predicted molar refractivity (Wildman–Crippen MR) is 96.0 cm³/mol. The number of likely N-dealkylation sites (N-methyl/N-ethyl adjacent to an activating group) is 1. The van der Waals surface area contributed by atoms with Gasteiger partial charge in [-0.05, 0) is 43.1 Å². The summed E-state index contributed by atoms with van der Waals surface area (Å²) in [6.45, 7) is 0.727. The smallest absolute Gasteiger partial charge is 0.242 e. The van der Waals surface area contributed by atoms with Crippen molar-refractivity contribution in [2.45, 2.75) is 31.5 Å². The molecule has 4 heteroatoms. The highest BCUT2D eigenvalue weighted by Gasteiger charge is 2.30. The standard InChI is InChI=1S/C19H21BrN2O/c1-22(13-14-7-9-16(20)10-8-14)18(15-5-3-2-4-6-15)19(23)21-17-11-12-17/h2-10,17-18H,11-13H2,1H3,(H,21,23). The second-order valence-electron chi connectivity index (χ2n) is 6.14. The van der Waals surface area contributed by atoms with Crippen molar-refractivity contribution in [1.82, 2.24) is 10.2 Å². The minimum atomic E-state index is -0.263. The zero-order valence-corrected chi connectivity index (χ0v) is 14.8. The highest BCUT2D eigenvalue weighted by molar-refractivity contribution is 9.10. The molecule has 1 amide bonds. The van der Waals surface area contributed by atoms with E-state index >= 15 is 0 Å². The maximum Gasteiger partial charge on any atom is 0.242 e. The third-order valence-corrected chi connectivity index (χ3v) is 4.60. The van der Waals surface area contributed by atoms with Gasteiger partial charge < -0.3 is 5.32 Å². The van der Waals surface area contributed by atoms with Gasteiger partial charge in [0.25, 0.3) is 0 Å². The van der Waals surface area contributed by atoms with Crippen LogP contribution in [-0.2, 0) is 11.3 Å². The van der Waals surface area contributed by atoms with Gasteiger partial charge in [0.1, 0.15) is 6.04 Å². The molecule has 1 fully saturated rings. The molecule has 0 aromatic heterocycles. The number of halogens is 1. The quantitative estimate of drug-likeness (QED) is 0.833. The number of rotatable bonds is 6. The molecule has 1 unspecified atom stereocenters. The van der Waals surface area contributed by atoms with E-state index in [-0.39, 0.29) is 11.9 Å². The van der Waals surface area contributed by atoms with E-state index in [2.05, 4.69) is 38.3 Å². The van der Waals surface area contributed by atoms with E-state index in [1.54, 1.807) is 0 Å². The van der Waals surface area contributed by atoms with Crippen LogP contribution >= 0.6 is 15.9 Å². The molecular formula is C19H21BrN2O. The normalized spacial score (nSPS) is 15.4. The van der Waals surface area contributed by atoms with Gasteiger partial charge in [0, 0.05) is 17.1 Å². The zero-order chi connectivity index (χ0) is 16.2. The summed E-state index contributed by atoms with van der Waals surface area (Å²) >= 11 is 3.46. The fourth-order valence-electron chi connectivity index (χ4n) is 2.72. The molecule has 0 aliphatic heterocycles. The topological polar surface area (TPSA) is 32.3 Å². The molecule has 0 saturated heterocycles. The van der Waals surface area contributed by atoms with Gasteiger partial charge in [0.05, 0.1) is 0 Å². The molecule has 1 aliphatic rings. The second kappa shape index (κ2) is 7.28. The van der Waals surface area contributed by atoms with Crippen molar-refractivity contribution in [3.63, 3.8) is 0 Å². The van der Waals surface area contributed by atoms with Gasteiger partial charge >= 0.3 is 0 Å². The van der Waals surface area contributed by atoms with Crippen molar-refractivity contribution in [3.05, 3.63) is 70.2 Å². The van der Waals surface area contributed by atoms with Crippen LogP contribution in [0.2, 0.25) is 0 Å². The fourth-order valence-corrected chi connectivity index (χ4v) is 2.98. The number of nitrogens with one attached hydrogen (secondary N) is 1. The van der Waals surface area contributed by atoms with Crippen molar-refractivity contribution >= 4 is 21.8 Å².